The lowest BCUT2D eigenvalue weighted by Crippen LogP contribution is -2.28. The van der Waals surface area contributed by atoms with Gasteiger partial charge >= 0.3 is 0 Å². The molecule has 2 heterocycles. The lowest BCUT2D eigenvalue weighted by molar-refractivity contribution is 0.101. The van der Waals surface area contributed by atoms with Crippen LogP contribution in [0, 0.1) is 0 Å². The van der Waals surface area contributed by atoms with Gasteiger partial charge in [0.05, 0.1) is 17.1 Å². The highest BCUT2D eigenvalue weighted by molar-refractivity contribution is 5.74. The maximum absolute atomic E-state index is 5.73. The Morgan fingerprint density at radius 1 is 1.29 bits per heavy atom. The van der Waals surface area contributed by atoms with E-state index >= 15 is 0 Å². The SMILES string of the molecule is NNC(CCCC1CCCO1)c1ccc2nccnc2c1. The van der Waals surface area contributed by atoms with E-state index in [9.17, 15) is 0 Å². The third kappa shape index (κ3) is 3.56. The molecule has 3 rings (SSSR count). The molecule has 1 aliphatic rings. The molecule has 5 nitrogen and oxygen atoms in total. The average Bonchev–Trinajstić information content (AvgIpc) is 3.04. The van der Waals surface area contributed by atoms with Gasteiger partial charge in [0.2, 0.25) is 0 Å². The fourth-order valence-corrected chi connectivity index (χ4v) is 2.96. The van der Waals surface area contributed by atoms with Gasteiger partial charge in [0.15, 0.2) is 0 Å². The molecule has 1 aromatic carbocycles. The minimum absolute atomic E-state index is 0.151. The van der Waals surface area contributed by atoms with Crippen LogP contribution in [0.3, 0.4) is 0 Å². The number of nitrogens with two attached hydrogens (primary N) is 1. The number of hydrogen-bond acceptors (Lipinski definition) is 5. The number of hydrogen-bond donors (Lipinski definition) is 2. The van der Waals surface area contributed by atoms with E-state index in [-0.39, 0.29) is 6.04 Å². The molecule has 0 aliphatic carbocycles. The molecule has 0 bridgehead atoms. The summed E-state index contributed by atoms with van der Waals surface area (Å²) in [4.78, 5) is 8.64. The number of nitrogens with zero attached hydrogens (tertiary/aromatic N) is 2. The van der Waals surface area contributed by atoms with E-state index in [2.05, 4.69) is 27.5 Å². The van der Waals surface area contributed by atoms with Crippen LogP contribution < -0.4 is 11.3 Å². The Kier molecular flexibility index (Phi) is 4.75. The fraction of sp³-hybridized carbons (Fsp3) is 0.500. The van der Waals surface area contributed by atoms with Crippen LogP contribution >= 0.6 is 0 Å². The van der Waals surface area contributed by atoms with Crippen LogP contribution in [0.25, 0.3) is 11.0 Å². The van der Waals surface area contributed by atoms with Crippen molar-refractivity contribution in [2.75, 3.05) is 6.61 Å². The molecule has 1 aliphatic heterocycles. The summed E-state index contributed by atoms with van der Waals surface area (Å²) >= 11 is 0. The largest absolute Gasteiger partial charge is 0.378 e. The molecule has 112 valence electrons. The van der Waals surface area contributed by atoms with E-state index in [1.807, 2.05) is 6.07 Å². The van der Waals surface area contributed by atoms with Crippen molar-refractivity contribution in [3.8, 4) is 0 Å². The van der Waals surface area contributed by atoms with Crippen LogP contribution in [-0.2, 0) is 4.74 Å². The van der Waals surface area contributed by atoms with Crippen LogP contribution in [0.4, 0.5) is 0 Å². The molecule has 0 radical (unpaired) electrons. The van der Waals surface area contributed by atoms with Gasteiger partial charge in [0, 0.05) is 25.0 Å². The third-order valence-corrected chi connectivity index (χ3v) is 4.14. The number of benzene rings is 1. The van der Waals surface area contributed by atoms with Gasteiger partial charge in [-0.05, 0) is 49.8 Å². The number of nitrogens with one attached hydrogen (secondary N) is 1. The predicted molar refractivity (Wildman–Crippen MR) is 82.4 cm³/mol. The molecule has 21 heavy (non-hydrogen) atoms. The normalized spacial score (nSPS) is 20.0. The molecule has 2 atom stereocenters. The molecule has 5 heteroatoms. The van der Waals surface area contributed by atoms with Crippen LogP contribution in [0.5, 0.6) is 0 Å². The van der Waals surface area contributed by atoms with Gasteiger partial charge < -0.3 is 4.74 Å². The first-order valence-electron chi connectivity index (χ1n) is 7.65. The summed E-state index contributed by atoms with van der Waals surface area (Å²) < 4.78 is 5.66. The Labute approximate surface area is 124 Å². The molecule has 0 saturated carbocycles. The molecular formula is C16H22N4O. The quantitative estimate of drug-likeness (QED) is 0.630. The van der Waals surface area contributed by atoms with Crippen molar-refractivity contribution in [1.29, 1.82) is 0 Å². The second-order valence-corrected chi connectivity index (χ2v) is 5.59. The third-order valence-electron chi connectivity index (χ3n) is 4.14. The van der Waals surface area contributed by atoms with Gasteiger partial charge in [-0.25, -0.2) is 0 Å². The monoisotopic (exact) mass is 286 g/mol. The van der Waals surface area contributed by atoms with Gasteiger partial charge in [-0.15, -0.1) is 0 Å². The zero-order valence-electron chi connectivity index (χ0n) is 12.2. The lowest BCUT2D eigenvalue weighted by atomic mass is 9.99. The van der Waals surface area contributed by atoms with E-state index in [0.29, 0.717) is 6.10 Å². The predicted octanol–water partition coefficient (Wildman–Crippen LogP) is 2.48. The minimum atomic E-state index is 0.151. The van der Waals surface area contributed by atoms with Crippen LogP contribution in [0.15, 0.2) is 30.6 Å². The first-order chi connectivity index (χ1) is 10.4. The Bertz CT molecular complexity index is 583. The standard InChI is InChI=1S/C16H22N4O/c17-20-14(5-1-3-13-4-2-10-21-13)12-6-7-15-16(11-12)19-9-8-18-15/h6-9,11,13-14,20H,1-5,10,17H2. The molecule has 0 spiro atoms. The highest BCUT2D eigenvalue weighted by atomic mass is 16.5. The highest BCUT2D eigenvalue weighted by Crippen LogP contribution is 2.24. The summed E-state index contributed by atoms with van der Waals surface area (Å²) in [7, 11) is 0. The maximum Gasteiger partial charge on any atom is 0.0890 e. The summed E-state index contributed by atoms with van der Waals surface area (Å²) in [5.41, 5.74) is 5.91. The van der Waals surface area contributed by atoms with Crippen molar-refractivity contribution >= 4 is 11.0 Å². The average molecular weight is 286 g/mol. The molecule has 0 amide bonds. The zero-order chi connectivity index (χ0) is 14.5. The van der Waals surface area contributed by atoms with Crippen molar-refractivity contribution in [3.05, 3.63) is 36.2 Å². The Balaban J connectivity index is 1.63. The summed E-state index contributed by atoms with van der Waals surface area (Å²) in [6.45, 7) is 0.923. The summed E-state index contributed by atoms with van der Waals surface area (Å²) in [6, 6.07) is 6.30. The molecule has 1 fully saturated rings. The van der Waals surface area contributed by atoms with E-state index in [0.717, 1.165) is 42.5 Å². The van der Waals surface area contributed by atoms with E-state index < -0.39 is 0 Å². The number of hydrazine groups is 1. The van der Waals surface area contributed by atoms with Crippen molar-refractivity contribution < 1.29 is 4.74 Å². The Morgan fingerprint density at radius 2 is 2.14 bits per heavy atom. The van der Waals surface area contributed by atoms with Gasteiger partial charge in [0.1, 0.15) is 0 Å². The minimum Gasteiger partial charge on any atom is -0.378 e. The van der Waals surface area contributed by atoms with E-state index in [4.69, 9.17) is 10.6 Å². The van der Waals surface area contributed by atoms with Gasteiger partial charge in [0.25, 0.3) is 0 Å². The fourth-order valence-electron chi connectivity index (χ4n) is 2.96. The smallest absolute Gasteiger partial charge is 0.0890 e. The molecule has 3 N–H and O–H groups in total. The molecule has 1 aromatic heterocycles. The summed E-state index contributed by atoms with van der Waals surface area (Å²) in [5, 5.41) is 0. The Hall–Kier alpha value is -1.56. The summed E-state index contributed by atoms with van der Waals surface area (Å²) in [6.07, 6.45) is 9.51. The van der Waals surface area contributed by atoms with Crippen LogP contribution in [-0.4, -0.2) is 22.7 Å². The Morgan fingerprint density at radius 3 is 2.90 bits per heavy atom. The van der Waals surface area contributed by atoms with Gasteiger partial charge in [-0.1, -0.05) is 6.07 Å². The number of aromatic nitrogens is 2. The van der Waals surface area contributed by atoms with Crippen molar-refractivity contribution in [1.82, 2.24) is 15.4 Å². The number of ether oxygens (including phenoxy) is 1. The summed E-state index contributed by atoms with van der Waals surface area (Å²) in [5.74, 6) is 5.73. The molecule has 2 unspecified atom stereocenters. The zero-order valence-corrected chi connectivity index (χ0v) is 12.2. The first-order valence-corrected chi connectivity index (χ1v) is 7.65. The molecular weight excluding hydrogens is 264 g/mol. The van der Waals surface area contributed by atoms with E-state index in [1.165, 1.54) is 12.8 Å². The van der Waals surface area contributed by atoms with Crippen LogP contribution in [0.1, 0.15) is 43.7 Å². The first kappa shape index (κ1) is 14.4. The number of fused-ring (bicyclic) bond motifs is 1. The highest BCUT2D eigenvalue weighted by Gasteiger charge is 2.16. The van der Waals surface area contributed by atoms with Gasteiger partial charge in [-0.3, -0.25) is 21.2 Å². The number of rotatable bonds is 6. The van der Waals surface area contributed by atoms with E-state index in [1.54, 1.807) is 12.4 Å². The second kappa shape index (κ2) is 6.93. The molecule has 2 aromatic rings. The van der Waals surface area contributed by atoms with Crippen LogP contribution in [0.2, 0.25) is 0 Å². The van der Waals surface area contributed by atoms with Crippen molar-refractivity contribution in [3.63, 3.8) is 0 Å². The lowest BCUT2D eigenvalue weighted by Gasteiger charge is -2.17. The topological polar surface area (TPSA) is 73.1 Å². The van der Waals surface area contributed by atoms with Crippen molar-refractivity contribution in [2.45, 2.75) is 44.2 Å². The molecule has 1 saturated heterocycles. The van der Waals surface area contributed by atoms with Gasteiger partial charge in [-0.2, -0.15) is 0 Å². The maximum atomic E-state index is 5.73. The second-order valence-electron chi connectivity index (χ2n) is 5.59. The van der Waals surface area contributed by atoms with Crippen molar-refractivity contribution in [2.24, 2.45) is 5.84 Å².